The predicted octanol–water partition coefficient (Wildman–Crippen LogP) is 3.09. The zero-order chi connectivity index (χ0) is 15.4. The van der Waals surface area contributed by atoms with E-state index in [0.717, 1.165) is 41.1 Å². The monoisotopic (exact) mass is 293 g/mol. The topological polar surface area (TPSA) is 58.0 Å². The van der Waals surface area contributed by atoms with E-state index in [-0.39, 0.29) is 6.61 Å². The van der Waals surface area contributed by atoms with Gasteiger partial charge >= 0.3 is 0 Å². The van der Waals surface area contributed by atoms with Crippen molar-refractivity contribution >= 4 is 16.9 Å². The van der Waals surface area contributed by atoms with Crippen molar-refractivity contribution in [3.8, 4) is 0 Å². The Kier molecular flexibility index (Phi) is 4.30. The maximum atomic E-state index is 9.04. The van der Waals surface area contributed by atoms with E-state index in [1.807, 2.05) is 55.5 Å². The predicted molar refractivity (Wildman–Crippen MR) is 88.8 cm³/mol. The average molecular weight is 293 g/mol. The highest BCUT2D eigenvalue weighted by Gasteiger charge is 2.04. The van der Waals surface area contributed by atoms with Crippen LogP contribution in [0.4, 0.5) is 5.82 Å². The summed E-state index contributed by atoms with van der Waals surface area (Å²) in [6, 6.07) is 15.9. The molecular weight excluding hydrogens is 274 g/mol. The second kappa shape index (κ2) is 6.54. The Labute approximate surface area is 129 Å². The lowest BCUT2D eigenvalue weighted by Crippen LogP contribution is -2.08. The molecule has 0 fully saturated rings. The average Bonchev–Trinajstić information content (AvgIpc) is 2.56. The zero-order valence-electron chi connectivity index (χ0n) is 12.6. The minimum absolute atomic E-state index is 0.0877. The standard InChI is InChI=1S/C18H19N3O/c1-13-18(21-17-5-3-2-4-16(17)20-13)19-11-10-14-6-8-15(12-22)9-7-14/h2-9,22H,10-12H2,1H3,(H,19,21). The van der Waals surface area contributed by atoms with E-state index in [4.69, 9.17) is 5.11 Å². The van der Waals surface area contributed by atoms with Crippen LogP contribution in [0.2, 0.25) is 0 Å². The molecule has 4 nitrogen and oxygen atoms in total. The van der Waals surface area contributed by atoms with Gasteiger partial charge in [0.25, 0.3) is 0 Å². The lowest BCUT2D eigenvalue weighted by atomic mass is 10.1. The molecular formula is C18H19N3O. The summed E-state index contributed by atoms with van der Waals surface area (Å²) in [7, 11) is 0. The Morgan fingerprint density at radius 1 is 0.909 bits per heavy atom. The number of nitrogens with one attached hydrogen (secondary N) is 1. The molecule has 0 saturated carbocycles. The first-order valence-corrected chi connectivity index (χ1v) is 7.42. The van der Waals surface area contributed by atoms with Gasteiger partial charge in [0.05, 0.1) is 23.3 Å². The summed E-state index contributed by atoms with van der Waals surface area (Å²) in [6.07, 6.45) is 0.902. The number of aromatic nitrogens is 2. The molecule has 3 rings (SSSR count). The number of hydrogen-bond acceptors (Lipinski definition) is 4. The number of aryl methyl sites for hydroxylation is 1. The fraction of sp³-hybridized carbons (Fsp3) is 0.222. The van der Waals surface area contributed by atoms with Crippen LogP contribution >= 0.6 is 0 Å². The number of benzene rings is 2. The quantitative estimate of drug-likeness (QED) is 0.759. The summed E-state index contributed by atoms with van der Waals surface area (Å²) in [6.45, 7) is 2.86. The van der Waals surface area contributed by atoms with Crippen LogP contribution in [-0.2, 0) is 13.0 Å². The fourth-order valence-corrected chi connectivity index (χ4v) is 2.39. The van der Waals surface area contributed by atoms with Crippen molar-refractivity contribution in [3.05, 3.63) is 65.4 Å². The van der Waals surface area contributed by atoms with Gasteiger partial charge in [-0.1, -0.05) is 36.4 Å². The summed E-state index contributed by atoms with van der Waals surface area (Å²) in [4.78, 5) is 9.20. The van der Waals surface area contributed by atoms with Gasteiger partial charge < -0.3 is 10.4 Å². The van der Waals surface area contributed by atoms with Crippen LogP contribution in [0.5, 0.6) is 0 Å². The normalized spacial score (nSPS) is 10.8. The molecule has 1 aromatic heterocycles. The number of aliphatic hydroxyl groups is 1. The van der Waals surface area contributed by atoms with Crippen LogP contribution in [0.25, 0.3) is 11.0 Å². The fourth-order valence-electron chi connectivity index (χ4n) is 2.39. The lowest BCUT2D eigenvalue weighted by molar-refractivity contribution is 0.282. The number of fused-ring (bicyclic) bond motifs is 1. The van der Waals surface area contributed by atoms with Crippen LogP contribution in [0.1, 0.15) is 16.8 Å². The molecule has 0 spiro atoms. The van der Waals surface area contributed by atoms with E-state index in [1.54, 1.807) is 0 Å². The SMILES string of the molecule is Cc1nc2ccccc2nc1NCCc1ccc(CO)cc1. The molecule has 0 radical (unpaired) electrons. The molecule has 0 aliphatic heterocycles. The summed E-state index contributed by atoms with van der Waals surface area (Å²) < 4.78 is 0. The molecule has 2 N–H and O–H groups in total. The van der Waals surface area contributed by atoms with Crippen molar-refractivity contribution in [2.45, 2.75) is 20.0 Å². The third-order valence-electron chi connectivity index (χ3n) is 3.66. The number of anilines is 1. The van der Waals surface area contributed by atoms with Crippen molar-refractivity contribution in [1.82, 2.24) is 9.97 Å². The number of para-hydroxylation sites is 2. The largest absolute Gasteiger partial charge is 0.392 e. The molecule has 0 amide bonds. The first kappa shape index (κ1) is 14.5. The number of nitrogens with zero attached hydrogens (tertiary/aromatic N) is 2. The molecule has 0 bridgehead atoms. The van der Waals surface area contributed by atoms with E-state index in [0.29, 0.717) is 0 Å². The van der Waals surface area contributed by atoms with Gasteiger partial charge in [-0.15, -0.1) is 0 Å². The van der Waals surface area contributed by atoms with Crippen molar-refractivity contribution < 1.29 is 5.11 Å². The van der Waals surface area contributed by atoms with Crippen LogP contribution in [0, 0.1) is 6.92 Å². The van der Waals surface area contributed by atoms with E-state index < -0.39 is 0 Å². The summed E-state index contributed by atoms with van der Waals surface area (Å²) in [5, 5.41) is 12.4. The third-order valence-corrected chi connectivity index (χ3v) is 3.66. The van der Waals surface area contributed by atoms with Gasteiger partial charge in [-0.2, -0.15) is 0 Å². The molecule has 1 heterocycles. The Balaban J connectivity index is 1.66. The van der Waals surface area contributed by atoms with E-state index in [1.165, 1.54) is 5.56 Å². The van der Waals surface area contributed by atoms with Crippen molar-refractivity contribution in [2.75, 3.05) is 11.9 Å². The van der Waals surface area contributed by atoms with Gasteiger partial charge in [0, 0.05) is 6.54 Å². The minimum Gasteiger partial charge on any atom is -0.392 e. The first-order valence-electron chi connectivity index (χ1n) is 7.42. The molecule has 22 heavy (non-hydrogen) atoms. The Hall–Kier alpha value is -2.46. The smallest absolute Gasteiger partial charge is 0.148 e. The second-order valence-electron chi connectivity index (χ2n) is 5.30. The molecule has 0 unspecified atom stereocenters. The van der Waals surface area contributed by atoms with E-state index in [2.05, 4.69) is 15.3 Å². The Morgan fingerprint density at radius 2 is 1.55 bits per heavy atom. The molecule has 0 saturated heterocycles. The molecule has 3 aromatic rings. The van der Waals surface area contributed by atoms with Gasteiger partial charge in [-0.05, 0) is 36.6 Å². The maximum absolute atomic E-state index is 9.04. The summed E-state index contributed by atoms with van der Waals surface area (Å²) in [5.74, 6) is 0.839. The lowest BCUT2D eigenvalue weighted by Gasteiger charge is -2.09. The minimum atomic E-state index is 0.0877. The van der Waals surface area contributed by atoms with E-state index >= 15 is 0 Å². The zero-order valence-corrected chi connectivity index (χ0v) is 12.6. The van der Waals surface area contributed by atoms with Crippen molar-refractivity contribution in [3.63, 3.8) is 0 Å². The molecule has 112 valence electrons. The second-order valence-corrected chi connectivity index (χ2v) is 5.30. The number of rotatable bonds is 5. The van der Waals surface area contributed by atoms with Gasteiger partial charge in [-0.3, -0.25) is 0 Å². The molecule has 4 heteroatoms. The van der Waals surface area contributed by atoms with Crippen LogP contribution in [0.15, 0.2) is 48.5 Å². The van der Waals surface area contributed by atoms with Gasteiger partial charge in [0.15, 0.2) is 0 Å². The number of aliphatic hydroxyl groups excluding tert-OH is 1. The van der Waals surface area contributed by atoms with Gasteiger partial charge in [0.2, 0.25) is 0 Å². The van der Waals surface area contributed by atoms with E-state index in [9.17, 15) is 0 Å². The molecule has 0 aliphatic rings. The molecule has 2 aromatic carbocycles. The first-order chi connectivity index (χ1) is 10.8. The highest BCUT2D eigenvalue weighted by Crippen LogP contribution is 2.16. The Bertz CT molecular complexity index is 769. The molecule has 0 aliphatic carbocycles. The maximum Gasteiger partial charge on any atom is 0.148 e. The van der Waals surface area contributed by atoms with Crippen molar-refractivity contribution in [2.24, 2.45) is 0 Å². The summed E-state index contributed by atoms with van der Waals surface area (Å²) in [5.41, 5.74) is 4.91. The van der Waals surface area contributed by atoms with Crippen LogP contribution < -0.4 is 5.32 Å². The highest BCUT2D eigenvalue weighted by atomic mass is 16.3. The van der Waals surface area contributed by atoms with Gasteiger partial charge in [0.1, 0.15) is 5.82 Å². The molecule has 0 atom stereocenters. The van der Waals surface area contributed by atoms with Crippen molar-refractivity contribution in [1.29, 1.82) is 0 Å². The summed E-state index contributed by atoms with van der Waals surface area (Å²) >= 11 is 0. The van der Waals surface area contributed by atoms with Crippen LogP contribution in [-0.4, -0.2) is 21.6 Å². The van der Waals surface area contributed by atoms with Crippen LogP contribution in [0.3, 0.4) is 0 Å². The Morgan fingerprint density at radius 3 is 2.23 bits per heavy atom. The number of hydrogen-bond donors (Lipinski definition) is 2. The third kappa shape index (κ3) is 3.23. The van der Waals surface area contributed by atoms with Gasteiger partial charge in [-0.25, -0.2) is 9.97 Å². The highest BCUT2D eigenvalue weighted by molar-refractivity contribution is 5.76.